The van der Waals surface area contributed by atoms with Gasteiger partial charge in [0.2, 0.25) is 0 Å². The zero-order chi connectivity index (χ0) is 8.27. The smallest absolute Gasteiger partial charge is 0.162 e. The van der Waals surface area contributed by atoms with Crippen LogP contribution in [0.2, 0.25) is 0 Å². The van der Waals surface area contributed by atoms with Crippen molar-refractivity contribution in [2.45, 2.75) is 12.5 Å². The molecule has 62 valence electrons. The van der Waals surface area contributed by atoms with Crippen LogP contribution >= 0.6 is 15.9 Å². The molecule has 0 bridgehead atoms. The average molecular weight is 219 g/mol. The zero-order valence-corrected chi connectivity index (χ0v) is 7.84. The molecule has 0 aliphatic heterocycles. The third-order valence-corrected chi connectivity index (χ3v) is 2.63. The maximum absolute atomic E-state index is 10.9. The minimum Gasteiger partial charge on any atom is -0.366 e. The Kier molecular flexibility index (Phi) is 3.27. The highest BCUT2D eigenvalue weighted by Gasteiger charge is 2.39. The van der Waals surface area contributed by atoms with Crippen LogP contribution in [0.5, 0.6) is 0 Å². The van der Waals surface area contributed by atoms with Gasteiger partial charge in [0, 0.05) is 17.7 Å². The molecule has 0 aromatic rings. The molecule has 0 aromatic carbocycles. The molecule has 0 aromatic heterocycles. The number of rotatable bonds is 4. The average Bonchev–Trinajstić information content (AvgIpc) is 2.00. The summed E-state index contributed by atoms with van der Waals surface area (Å²) in [6, 6.07) is 0. The van der Waals surface area contributed by atoms with Crippen LogP contribution < -0.4 is 0 Å². The van der Waals surface area contributed by atoms with Gasteiger partial charge in [-0.25, -0.2) is 0 Å². The van der Waals surface area contributed by atoms with Crippen molar-refractivity contribution in [1.82, 2.24) is 0 Å². The topological polar surface area (TPSA) is 26.3 Å². The van der Waals surface area contributed by atoms with Gasteiger partial charge in [-0.1, -0.05) is 22.0 Å². The molecular weight excluding hydrogens is 208 g/mol. The Labute approximate surface area is 74.7 Å². The monoisotopic (exact) mass is 218 g/mol. The van der Waals surface area contributed by atoms with Gasteiger partial charge in [-0.3, -0.25) is 4.79 Å². The molecule has 0 saturated heterocycles. The molecule has 0 radical (unpaired) electrons. The first-order chi connectivity index (χ1) is 5.29. The second kappa shape index (κ2) is 4.02. The molecule has 1 rings (SSSR count). The van der Waals surface area contributed by atoms with Crippen molar-refractivity contribution in [3.63, 3.8) is 0 Å². The molecule has 0 heterocycles. The molecule has 0 N–H and O–H groups in total. The number of ketones is 1. The fourth-order valence-electron chi connectivity index (χ4n) is 1.12. The summed E-state index contributed by atoms with van der Waals surface area (Å²) < 4.78 is 5.25. The summed E-state index contributed by atoms with van der Waals surface area (Å²) in [7, 11) is 0. The molecule has 0 spiro atoms. The number of Topliss-reactive ketones (excluding diaryl/α,β-unsaturated/α-hetero) is 1. The van der Waals surface area contributed by atoms with E-state index >= 15 is 0 Å². The summed E-state index contributed by atoms with van der Waals surface area (Å²) in [5, 5.41) is 0.848. The maximum Gasteiger partial charge on any atom is 0.162 e. The Balaban J connectivity index is 2.30. The van der Waals surface area contributed by atoms with E-state index < -0.39 is 0 Å². The van der Waals surface area contributed by atoms with Crippen LogP contribution in [0.1, 0.15) is 6.42 Å². The fraction of sp³-hybridized carbons (Fsp3) is 0.625. The van der Waals surface area contributed by atoms with Gasteiger partial charge in [-0.15, -0.1) is 6.58 Å². The predicted octanol–water partition coefficient (Wildman–Crippen LogP) is 1.54. The highest BCUT2D eigenvalue weighted by Crippen LogP contribution is 2.28. The third kappa shape index (κ3) is 1.91. The molecule has 2 unspecified atom stereocenters. The lowest BCUT2D eigenvalue weighted by Crippen LogP contribution is -2.45. The van der Waals surface area contributed by atoms with Crippen LogP contribution in [0.25, 0.3) is 0 Å². The maximum atomic E-state index is 10.9. The SMILES string of the molecule is C=CCOC1C(=O)CC1CBr. The lowest BCUT2D eigenvalue weighted by molar-refractivity contribution is -0.145. The quantitative estimate of drug-likeness (QED) is 0.529. The predicted molar refractivity (Wildman–Crippen MR) is 46.8 cm³/mol. The molecule has 2 atom stereocenters. The first kappa shape index (κ1) is 8.94. The van der Waals surface area contributed by atoms with E-state index in [-0.39, 0.29) is 11.9 Å². The highest BCUT2D eigenvalue weighted by molar-refractivity contribution is 9.09. The zero-order valence-electron chi connectivity index (χ0n) is 6.25. The van der Waals surface area contributed by atoms with Crippen molar-refractivity contribution in [2.24, 2.45) is 5.92 Å². The number of carbonyl (C=O) groups excluding carboxylic acids is 1. The van der Waals surface area contributed by atoms with Gasteiger partial charge >= 0.3 is 0 Å². The summed E-state index contributed by atoms with van der Waals surface area (Å²) in [5.41, 5.74) is 0. The van der Waals surface area contributed by atoms with Crippen LogP contribution in [-0.2, 0) is 9.53 Å². The minimum absolute atomic E-state index is 0.174. The van der Waals surface area contributed by atoms with Gasteiger partial charge < -0.3 is 4.74 Å². The Hall–Kier alpha value is -0.150. The largest absolute Gasteiger partial charge is 0.366 e. The van der Waals surface area contributed by atoms with Crippen LogP contribution in [0.3, 0.4) is 0 Å². The summed E-state index contributed by atoms with van der Waals surface area (Å²) >= 11 is 3.33. The molecule has 11 heavy (non-hydrogen) atoms. The van der Waals surface area contributed by atoms with Crippen molar-refractivity contribution in [3.8, 4) is 0 Å². The summed E-state index contributed by atoms with van der Waals surface area (Å²) in [5.74, 6) is 0.596. The van der Waals surface area contributed by atoms with E-state index in [9.17, 15) is 4.79 Å². The van der Waals surface area contributed by atoms with Crippen molar-refractivity contribution in [1.29, 1.82) is 0 Å². The molecule has 2 nitrogen and oxygen atoms in total. The lowest BCUT2D eigenvalue weighted by atomic mass is 9.82. The van der Waals surface area contributed by atoms with Gasteiger partial charge in [0.25, 0.3) is 0 Å². The van der Waals surface area contributed by atoms with Crippen LogP contribution in [0.4, 0.5) is 0 Å². The number of halogens is 1. The second-order valence-electron chi connectivity index (χ2n) is 2.63. The van der Waals surface area contributed by atoms with E-state index in [0.29, 0.717) is 18.9 Å². The van der Waals surface area contributed by atoms with Crippen molar-refractivity contribution in [3.05, 3.63) is 12.7 Å². The molecule has 1 saturated carbocycles. The van der Waals surface area contributed by atoms with E-state index in [1.165, 1.54) is 0 Å². The van der Waals surface area contributed by atoms with E-state index in [2.05, 4.69) is 22.5 Å². The lowest BCUT2D eigenvalue weighted by Gasteiger charge is -2.32. The van der Waals surface area contributed by atoms with E-state index in [1.54, 1.807) is 6.08 Å². The first-order valence-electron chi connectivity index (χ1n) is 3.60. The minimum atomic E-state index is -0.174. The standard InChI is InChI=1S/C8H11BrO2/c1-2-3-11-8-6(5-9)4-7(8)10/h2,6,8H,1,3-5H2. The fourth-order valence-corrected chi connectivity index (χ4v) is 1.69. The van der Waals surface area contributed by atoms with Crippen molar-refractivity contribution >= 4 is 21.7 Å². The molecule has 1 aliphatic rings. The van der Waals surface area contributed by atoms with Crippen molar-refractivity contribution < 1.29 is 9.53 Å². The highest BCUT2D eigenvalue weighted by atomic mass is 79.9. The van der Waals surface area contributed by atoms with Crippen molar-refractivity contribution in [2.75, 3.05) is 11.9 Å². The van der Waals surface area contributed by atoms with Crippen LogP contribution in [0, 0.1) is 5.92 Å². The summed E-state index contributed by atoms with van der Waals surface area (Å²) in [4.78, 5) is 10.9. The third-order valence-electron chi connectivity index (χ3n) is 1.80. The molecule has 1 fully saturated rings. The normalized spacial score (nSPS) is 29.7. The Morgan fingerprint density at radius 3 is 3.00 bits per heavy atom. The first-order valence-corrected chi connectivity index (χ1v) is 4.73. The van der Waals surface area contributed by atoms with Gasteiger partial charge in [0.1, 0.15) is 6.10 Å². The van der Waals surface area contributed by atoms with E-state index in [1.807, 2.05) is 0 Å². The van der Waals surface area contributed by atoms with Crippen LogP contribution in [-0.4, -0.2) is 23.8 Å². The Morgan fingerprint density at radius 2 is 2.55 bits per heavy atom. The summed E-state index contributed by atoms with van der Waals surface area (Å²) in [6.45, 7) is 3.99. The van der Waals surface area contributed by atoms with E-state index in [4.69, 9.17) is 4.74 Å². The number of alkyl halides is 1. The molecule has 3 heteroatoms. The Morgan fingerprint density at radius 1 is 1.82 bits per heavy atom. The Bertz CT molecular complexity index is 167. The summed E-state index contributed by atoms with van der Waals surface area (Å²) in [6.07, 6.45) is 2.15. The number of carbonyl (C=O) groups is 1. The number of hydrogen-bond donors (Lipinski definition) is 0. The molecule has 1 aliphatic carbocycles. The van der Waals surface area contributed by atoms with Crippen LogP contribution in [0.15, 0.2) is 12.7 Å². The number of hydrogen-bond acceptors (Lipinski definition) is 2. The number of ether oxygens (including phenoxy) is 1. The van der Waals surface area contributed by atoms with Gasteiger partial charge in [0.15, 0.2) is 5.78 Å². The van der Waals surface area contributed by atoms with Gasteiger partial charge in [-0.2, -0.15) is 0 Å². The molecule has 0 amide bonds. The second-order valence-corrected chi connectivity index (χ2v) is 3.27. The van der Waals surface area contributed by atoms with Gasteiger partial charge in [-0.05, 0) is 0 Å². The molecular formula is C8H11BrO2. The van der Waals surface area contributed by atoms with E-state index in [0.717, 1.165) is 5.33 Å². The van der Waals surface area contributed by atoms with Gasteiger partial charge in [0.05, 0.1) is 6.61 Å².